The zero-order valence-corrected chi connectivity index (χ0v) is 21.1. The van der Waals surface area contributed by atoms with Crippen LogP contribution in [0, 0.1) is 18.8 Å². The summed E-state index contributed by atoms with van der Waals surface area (Å²) in [6.07, 6.45) is -4.69. The van der Waals surface area contributed by atoms with Crippen LogP contribution in [0.1, 0.15) is 48.0 Å². The van der Waals surface area contributed by atoms with Crippen LogP contribution in [-0.4, -0.2) is 27.8 Å². The molecule has 1 heterocycles. The molecular weight excluding hydrogens is 500 g/mol. The molecule has 0 aliphatic rings. The zero-order chi connectivity index (χ0) is 25.3. The molecule has 0 fully saturated rings. The monoisotopic (exact) mass is 524 g/mol. The number of rotatable bonds is 3. The Morgan fingerprint density at radius 3 is 2.31 bits per heavy atom. The van der Waals surface area contributed by atoms with Gasteiger partial charge >= 0.3 is 6.18 Å². The van der Waals surface area contributed by atoms with Gasteiger partial charge in [-0.1, -0.05) is 35.6 Å². The van der Waals surface area contributed by atoms with Gasteiger partial charge in [0.05, 0.1) is 23.5 Å². The van der Waals surface area contributed by atoms with E-state index in [2.05, 4.69) is 22.3 Å². The Morgan fingerprint density at radius 1 is 1.14 bits per heavy atom. The third-order valence-electron chi connectivity index (χ3n) is 4.81. The predicted molar refractivity (Wildman–Crippen MR) is 134 cm³/mol. The van der Waals surface area contributed by atoms with Gasteiger partial charge in [0.25, 0.3) is 5.91 Å². The molecular formula is C25H25Cl2F3N4O. The maximum absolute atomic E-state index is 14.1. The second-order valence-electron chi connectivity index (χ2n) is 8.68. The van der Waals surface area contributed by atoms with Crippen LogP contribution in [-0.2, 0) is 6.18 Å². The Kier molecular flexibility index (Phi) is 8.66. The van der Waals surface area contributed by atoms with E-state index in [1.54, 1.807) is 52.0 Å². The van der Waals surface area contributed by atoms with Crippen molar-refractivity contribution in [3.63, 3.8) is 0 Å². The number of nitrogens with one attached hydrogen (secondary N) is 1. The second kappa shape index (κ2) is 10.7. The number of alkyl halides is 3. The van der Waals surface area contributed by atoms with Crippen molar-refractivity contribution >= 4 is 29.9 Å². The van der Waals surface area contributed by atoms with Gasteiger partial charge in [0, 0.05) is 27.3 Å². The molecule has 3 rings (SSSR count). The van der Waals surface area contributed by atoms with E-state index in [1.807, 2.05) is 0 Å². The minimum absolute atomic E-state index is 0. The topological polar surface area (TPSA) is 72.9 Å². The number of nitrogens with two attached hydrogens (primary N) is 1. The molecule has 35 heavy (non-hydrogen) atoms. The van der Waals surface area contributed by atoms with E-state index in [0.29, 0.717) is 21.8 Å². The highest BCUT2D eigenvalue weighted by Crippen LogP contribution is 2.37. The van der Waals surface area contributed by atoms with Gasteiger partial charge in [0.15, 0.2) is 5.69 Å². The maximum atomic E-state index is 14.1. The summed E-state index contributed by atoms with van der Waals surface area (Å²) in [4.78, 5) is 13.0. The van der Waals surface area contributed by atoms with Gasteiger partial charge < -0.3 is 11.1 Å². The summed E-state index contributed by atoms with van der Waals surface area (Å²) in [6.45, 7) is 7.09. The average molecular weight is 525 g/mol. The molecule has 0 unspecified atom stereocenters. The first kappa shape index (κ1) is 28.2. The molecule has 0 radical (unpaired) electrons. The molecule has 186 valence electrons. The third-order valence-corrected chi connectivity index (χ3v) is 5.06. The molecule has 3 N–H and O–H groups in total. The van der Waals surface area contributed by atoms with E-state index < -0.39 is 23.2 Å². The molecule has 2 aromatic carbocycles. The maximum Gasteiger partial charge on any atom is 0.418 e. The van der Waals surface area contributed by atoms with Crippen molar-refractivity contribution in [3.8, 4) is 28.8 Å². The summed E-state index contributed by atoms with van der Waals surface area (Å²) in [7, 11) is 0. The Labute approximate surface area is 213 Å². The van der Waals surface area contributed by atoms with Crippen molar-refractivity contribution in [2.24, 2.45) is 5.73 Å². The minimum atomic E-state index is -4.69. The van der Waals surface area contributed by atoms with Crippen LogP contribution in [0.25, 0.3) is 16.9 Å². The standard InChI is InChI=1S/C25H24ClF3N4O.ClH/c1-15-21(23(34)31-24(2,3)4)32-33(22(15)17-8-10-18(26)11-9-17)20-12-7-16(6-5-13-30)14-19(20)25(27,28)29;/h7-12,14H,13,30H2,1-4H3,(H,31,34);1H. The van der Waals surface area contributed by atoms with Crippen LogP contribution in [0.5, 0.6) is 0 Å². The van der Waals surface area contributed by atoms with Crippen LogP contribution >= 0.6 is 24.0 Å². The molecule has 0 saturated heterocycles. The number of carbonyl (C=O) groups excluding carboxylic acids is 1. The van der Waals surface area contributed by atoms with E-state index in [9.17, 15) is 18.0 Å². The van der Waals surface area contributed by atoms with Gasteiger partial charge in [-0.2, -0.15) is 18.3 Å². The summed E-state index contributed by atoms with van der Waals surface area (Å²) in [6, 6.07) is 10.3. The van der Waals surface area contributed by atoms with Gasteiger partial charge in [0.2, 0.25) is 0 Å². The molecule has 0 aliphatic carbocycles. The van der Waals surface area contributed by atoms with Crippen LogP contribution in [0.3, 0.4) is 0 Å². The van der Waals surface area contributed by atoms with Crippen molar-refractivity contribution in [1.29, 1.82) is 0 Å². The molecule has 1 amide bonds. The number of hydrogen-bond acceptors (Lipinski definition) is 3. The van der Waals surface area contributed by atoms with E-state index in [0.717, 1.165) is 10.7 Å². The molecule has 3 aromatic rings. The minimum Gasteiger partial charge on any atom is -0.346 e. The van der Waals surface area contributed by atoms with Crippen LogP contribution < -0.4 is 11.1 Å². The Morgan fingerprint density at radius 2 is 1.77 bits per heavy atom. The van der Waals surface area contributed by atoms with Gasteiger partial charge in [-0.25, -0.2) is 4.68 Å². The lowest BCUT2D eigenvalue weighted by Crippen LogP contribution is -2.41. The highest BCUT2D eigenvalue weighted by molar-refractivity contribution is 6.30. The molecule has 0 spiro atoms. The highest BCUT2D eigenvalue weighted by Gasteiger charge is 2.36. The molecule has 0 aliphatic heterocycles. The Balaban J connectivity index is 0.00000432. The molecule has 1 aromatic heterocycles. The summed E-state index contributed by atoms with van der Waals surface area (Å²) in [5.41, 5.74) is 5.17. The summed E-state index contributed by atoms with van der Waals surface area (Å²) >= 11 is 6.01. The first-order valence-corrected chi connectivity index (χ1v) is 10.8. The number of nitrogens with zero attached hydrogens (tertiary/aromatic N) is 2. The van der Waals surface area contributed by atoms with Crippen molar-refractivity contribution < 1.29 is 18.0 Å². The summed E-state index contributed by atoms with van der Waals surface area (Å²) in [5.74, 6) is 4.69. The fraction of sp³-hybridized carbons (Fsp3) is 0.280. The number of amides is 1. The number of aromatic nitrogens is 2. The van der Waals surface area contributed by atoms with Gasteiger partial charge in [-0.05, 0) is 58.0 Å². The normalized spacial score (nSPS) is 11.3. The molecule has 0 atom stereocenters. The molecule has 0 saturated carbocycles. The van der Waals surface area contributed by atoms with E-state index >= 15 is 0 Å². The third kappa shape index (κ3) is 6.57. The van der Waals surface area contributed by atoms with Gasteiger partial charge in [-0.3, -0.25) is 4.79 Å². The van der Waals surface area contributed by atoms with Gasteiger partial charge in [0.1, 0.15) is 0 Å². The van der Waals surface area contributed by atoms with E-state index in [1.165, 1.54) is 12.1 Å². The van der Waals surface area contributed by atoms with Crippen molar-refractivity contribution in [2.75, 3.05) is 6.54 Å². The SMILES string of the molecule is Cc1c(C(=O)NC(C)(C)C)nn(-c2ccc(C#CCN)cc2C(F)(F)F)c1-c1ccc(Cl)cc1.Cl. The first-order chi connectivity index (χ1) is 15.8. The van der Waals surface area contributed by atoms with Crippen LogP contribution in [0.4, 0.5) is 13.2 Å². The molecule has 10 heteroatoms. The number of carbonyl (C=O) groups is 1. The lowest BCUT2D eigenvalue weighted by Gasteiger charge is -2.19. The number of benzene rings is 2. The van der Waals surface area contributed by atoms with Crippen molar-refractivity contribution in [3.05, 3.63) is 69.9 Å². The first-order valence-electron chi connectivity index (χ1n) is 10.4. The fourth-order valence-corrected chi connectivity index (χ4v) is 3.54. The lowest BCUT2D eigenvalue weighted by molar-refractivity contribution is -0.137. The van der Waals surface area contributed by atoms with Crippen LogP contribution in [0.2, 0.25) is 5.02 Å². The van der Waals surface area contributed by atoms with Crippen molar-refractivity contribution in [1.82, 2.24) is 15.1 Å². The average Bonchev–Trinajstić information content (AvgIpc) is 3.08. The lowest BCUT2D eigenvalue weighted by atomic mass is 10.0. The Hall–Kier alpha value is -2.99. The summed E-state index contributed by atoms with van der Waals surface area (Å²) < 4.78 is 43.5. The number of halogens is 5. The quantitative estimate of drug-likeness (QED) is 0.426. The Bertz CT molecular complexity index is 1280. The largest absolute Gasteiger partial charge is 0.418 e. The predicted octanol–water partition coefficient (Wildman–Crippen LogP) is 5.78. The second-order valence-corrected chi connectivity index (χ2v) is 9.12. The van der Waals surface area contributed by atoms with Crippen LogP contribution in [0.15, 0.2) is 42.5 Å². The summed E-state index contributed by atoms with van der Waals surface area (Å²) in [5, 5.41) is 7.63. The van der Waals surface area contributed by atoms with Gasteiger partial charge in [-0.15, -0.1) is 12.4 Å². The highest BCUT2D eigenvalue weighted by atomic mass is 35.5. The number of hydrogen-bond donors (Lipinski definition) is 2. The van der Waals surface area contributed by atoms with E-state index in [-0.39, 0.29) is 35.9 Å². The fourth-order valence-electron chi connectivity index (χ4n) is 3.41. The molecule has 5 nitrogen and oxygen atoms in total. The molecule has 0 bridgehead atoms. The van der Waals surface area contributed by atoms with Crippen molar-refractivity contribution in [2.45, 2.75) is 39.4 Å². The zero-order valence-electron chi connectivity index (χ0n) is 19.5. The van der Waals surface area contributed by atoms with E-state index in [4.69, 9.17) is 17.3 Å². The smallest absolute Gasteiger partial charge is 0.346 e.